The predicted octanol–water partition coefficient (Wildman–Crippen LogP) is 1.24. The van der Waals surface area contributed by atoms with Crippen LogP contribution in [0.3, 0.4) is 0 Å². The number of nitrogens with one attached hydrogen (secondary N) is 1. The molecule has 4 N–H and O–H groups in total. The average Bonchev–Trinajstić information content (AvgIpc) is 2.40. The highest BCUT2D eigenvalue weighted by atomic mass is 16.4. The summed E-state index contributed by atoms with van der Waals surface area (Å²) in [7, 11) is 0. The maximum Gasteiger partial charge on any atom is 0.354 e. The van der Waals surface area contributed by atoms with E-state index in [2.05, 4.69) is 10.3 Å². The smallest absolute Gasteiger partial charge is 0.354 e. The number of carboxylic acids is 1. The van der Waals surface area contributed by atoms with Crippen molar-refractivity contribution in [3.63, 3.8) is 0 Å². The van der Waals surface area contributed by atoms with E-state index in [1.54, 1.807) is 6.07 Å². The highest BCUT2D eigenvalue weighted by molar-refractivity contribution is 5.93. The molecule has 0 spiro atoms. The second-order valence-electron chi connectivity index (χ2n) is 4.84. The van der Waals surface area contributed by atoms with Crippen LogP contribution in [0.15, 0.2) is 18.3 Å². The van der Waals surface area contributed by atoms with Crippen LogP contribution in [0.25, 0.3) is 0 Å². The number of rotatable bonds is 3. The first-order valence-electron chi connectivity index (χ1n) is 6.32. The predicted molar refractivity (Wildman–Crippen MR) is 69.8 cm³/mol. The van der Waals surface area contributed by atoms with Gasteiger partial charge in [0.2, 0.25) is 5.91 Å². The summed E-state index contributed by atoms with van der Waals surface area (Å²) in [5.41, 5.74) is 6.28. The molecule has 0 radical (unpaired) electrons. The second-order valence-corrected chi connectivity index (χ2v) is 4.84. The molecule has 1 aliphatic rings. The van der Waals surface area contributed by atoms with E-state index in [0.29, 0.717) is 5.69 Å². The fraction of sp³-hybridized carbons (Fsp3) is 0.462. The number of hydrogen-bond acceptors (Lipinski definition) is 4. The number of carbonyl (C=O) groups excluding carboxylic acids is 1. The Labute approximate surface area is 111 Å². The quantitative estimate of drug-likeness (QED) is 0.760. The Balaban J connectivity index is 1.93. The van der Waals surface area contributed by atoms with Crippen molar-refractivity contribution in [2.24, 2.45) is 11.7 Å². The van der Waals surface area contributed by atoms with E-state index in [9.17, 15) is 9.59 Å². The van der Waals surface area contributed by atoms with Crippen LogP contribution in [0.1, 0.15) is 36.2 Å². The Morgan fingerprint density at radius 3 is 2.47 bits per heavy atom. The number of carboxylic acid groups (broad SMARTS) is 1. The summed E-state index contributed by atoms with van der Waals surface area (Å²) in [4.78, 5) is 26.4. The molecule has 1 aromatic heterocycles. The van der Waals surface area contributed by atoms with Gasteiger partial charge >= 0.3 is 5.97 Å². The molecular formula is C13H17N3O3. The summed E-state index contributed by atoms with van der Waals surface area (Å²) in [6, 6.07) is 3.12. The van der Waals surface area contributed by atoms with Gasteiger partial charge in [-0.05, 0) is 37.8 Å². The van der Waals surface area contributed by atoms with Gasteiger partial charge < -0.3 is 16.2 Å². The van der Waals surface area contributed by atoms with Crippen LogP contribution in [0.4, 0.5) is 5.69 Å². The monoisotopic (exact) mass is 263 g/mol. The van der Waals surface area contributed by atoms with Gasteiger partial charge in [-0.3, -0.25) is 4.79 Å². The van der Waals surface area contributed by atoms with E-state index < -0.39 is 5.97 Å². The van der Waals surface area contributed by atoms with Crippen molar-refractivity contribution in [3.05, 3.63) is 24.0 Å². The van der Waals surface area contributed by atoms with Gasteiger partial charge in [0, 0.05) is 12.0 Å². The zero-order chi connectivity index (χ0) is 13.8. The van der Waals surface area contributed by atoms with E-state index in [0.717, 1.165) is 25.7 Å². The van der Waals surface area contributed by atoms with Gasteiger partial charge in [-0.1, -0.05) is 0 Å². The molecule has 0 bridgehead atoms. The highest BCUT2D eigenvalue weighted by Crippen LogP contribution is 2.24. The normalized spacial score (nSPS) is 22.8. The number of amides is 1. The molecule has 0 unspecified atom stereocenters. The molecule has 1 aromatic rings. The third kappa shape index (κ3) is 3.51. The van der Waals surface area contributed by atoms with Crippen molar-refractivity contribution in [1.82, 2.24) is 4.98 Å². The number of hydrogen-bond donors (Lipinski definition) is 3. The molecule has 0 saturated heterocycles. The third-order valence-corrected chi connectivity index (χ3v) is 3.39. The minimum Gasteiger partial charge on any atom is -0.477 e. The number of aromatic nitrogens is 1. The van der Waals surface area contributed by atoms with Gasteiger partial charge in [-0.25, -0.2) is 9.78 Å². The number of aromatic carboxylic acids is 1. The Morgan fingerprint density at radius 2 is 1.95 bits per heavy atom. The van der Waals surface area contributed by atoms with Crippen LogP contribution in [0.2, 0.25) is 0 Å². The Morgan fingerprint density at radius 1 is 1.26 bits per heavy atom. The molecule has 1 aliphatic carbocycles. The number of anilines is 1. The van der Waals surface area contributed by atoms with E-state index in [1.807, 2.05) is 0 Å². The molecule has 1 heterocycles. The number of nitrogens with two attached hydrogens (primary N) is 1. The first kappa shape index (κ1) is 13.5. The minimum absolute atomic E-state index is 0.0149. The number of carbonyl (C=O) groups is 2. The maximum atomic E-state index is 12.0. The van der Waals surface area contributed by atoms with Crippen molar-refractivity contribution in [2.45, 2.75) is 31.7 Å². The van der Waals surface area contributed by atoms with Crippen LogP contribution in [-0.4, -0.2) is 28.0 Å². The van der Waals surface area contributed by atoms with Gasteiger partial charge in [-0.2, -0.15) is 0 Å². The summed E-state index contributed by atoms with van der Waals surface area (Å²) in [5.74, 6) is -1.14. The molecule has 0 aromatic carbocycles. The lowest BCUT2D eigenvalue weighted by molar-refractivity contribution is -0.120. The molecule has 1 amide bonds. The van der Waals surface area contributed by atoms with E-state index in [-0.39, 0.29) is 23.6 Å². The molecule has 19 heavy (non-hydrogen) atoms. The number of pyridine rings is 1. The summed E-state index contributed by atoms with van der Waals surface area (Å²) < 4.78 is 0. The van der Waals surface area contributed by atoms with Crippen molar-refractivity contribution in [2.75, 3.05) is 5.32 Å². The van der Waals surface area contributed by atoms with Gasteiger partial charge in [0.25, 0.3) is 0 Å². The number of nitrogens with zero attached hydrogens (tertiary/aromatic N) is 1. The largest absolute Gasteiger partial charge is 0.477 e. The van der Waals surface area contributed by atoms with Crippen LogP contribution in [0.5, 0.6) is 0 Å². The molecular weight excluding hydrogens is 246 g/mol. The summed E-state index contributed by atoms with van der Waals surface area (Å²) >= 11 is 0. The minimum atomic E-state index is -1.08. The zero-order valence-electron chi connectivity index (χ0n) is 10.5. The van der Waals surface area contributed by atoms with Crippen molar-refractivity contribution < 1.29 is 14.7 Å². The van der Waals surface area contributed by atoms with Gasteiger partial charge in [-0.15, -0.1) is 0 Å². The van der Waals surface area contributed by atoms with Crippen LogP contribution in [0, 0.1) is 5.92 Å². The van der Waals surface area contributed by atoms with Gasteiger partial charge in [0.05, 0.1) is 11.9 Å². The molecule has 1 saturated carbocycles. The van der Waals surface area contributed by atoms with E-state index >= 15 is 0 Å². The Bertz CT molecular complexity index is 465. The lowest BCUT2D eigenvalue weighted by Crippen LogP contribution is -2.32. The molecule has 0 aliphatic heterocycles. The summed E-state index contributed by atoms with van der Waals surface area (Å²) in [6.07, 6.45) is 4.69. The molecule has 2 rings (SSSR count). The average molecular weight is 263 g/mol. The van der Waals surface area contributed by atoms with Crippen LogP contribution < -0.4 is 11.1 Å². The van der Waals surface area contributed by atoms with E-state index in [1.165, 1.54) is 12.3 Å². The molecule has 6 heteroatoms. The zero-order valence-corrected chi connectivity index (χ0v) is 10.5. The third-order valence-electron chi connectivity index (χ3n) is 3.39. The van der Waals surface area contributed by atoms with Crippen molar-refractivity contribution >= 4 is 17.6 Å². The SMILES string of the molecule is NC1CCC(C(=O)Nc2ccc(C(=O)O)nc2)CC1. The fourth-order valence-electron chi connectivity index (χ4n) is 2.22. The van der Waals surface area contributed by atoms with Crippen molar-refractivity contribution in [3.8, 4) is 0 Å². The standard InChI is InChI=1S/C13H17N3O3/c14-9-3-1-8(2-4-9)12(17)16-10-5-6-11(13(18)19)15-7-10/h5-9H,1-4,14H2,(H,16,17)(H,18,19). The molecule has 1 fully saturated rings. The lowest BCUT2D eigenvalue weighted by Gasteiger charge is -2.25. The summed E-state index contributed by atoms with van der Waals surface area (Å²) in [5, 5.41) is 11.5. The van der Waals surface area contributed by atoms with Crippen LogP contribution in [-0.2, 0) is 4.79 Å². The fourth-order valence-corrected chi connectivity index (χ4v) is 2.22. The topological polar surface area (TPSA) is 105 Å². The first-order chi connectivity index (χ1) is 9.06. The van der Waals surface area contributed by atoms with Gasteiger partial charge in [0.1, 0.15) is 5.69 Å². The highest BCUT2D eigenvalue weighted by Gasteiger charge is 2.24. The van der Waals surface area contributed by atoms with Gasteiger partial charge in [0.15, 0.2) is 0 Å². The summed E-state index contributed by atoms with van der Waals surface area (Å²) in [6.45, 7) is 0. The van der Waals surface area contributed by atoms with E-state index in [4.69, 9.17) is 10.8 Å². The van der Waals surface area contributed by atoms with Crippen molar-refractivity contribution in [1.29, 1.82) is 0 Å². The Kier molecular flexibility index (Phi) is 4.11. The maximum absolute atomic E-state index is 12.0. The molecule has 6 nitrogen and oxygen atoms in total. The molecule has 0 atom stereocenters. The second kappa shape index (κ2) is 5.79. The molecule has 102 valence electrons. The van der Waals surface area contributed by atoms with Crippen LogP contribution >= 0.6 is 0 Å². The Hall–Kier alpha value is -1.95. The first-order valence-corrected chi connectivity index (χ1v) is 6.32. The lowest BCUT2D eigenvalue weighted by atomic mass is 9.86.